The first-order chi connectivity index (χ1) is 12.2. The Morgan fingerprint density at radius 3 is 1.92 bits per heavy atom. The summed E-state index contributed by atoms with van der Waals surface area (Å²) < 4.78 is 0. The molecule has 148 valence electrons. The Labute approximate surface area is 155 Å². The average Bonchev–Trinajstić information content (AvgIpc) is 2.58. The number of allylic oxidation sites excluding steroid dienone is 1. The summed E-state index contributed by atoms with van der Waals surface area (Å²) in [5.41, 5.74) is 0. The molecule has 0 spiro atoms. The van der Waals surface area contributed by atoms with E-state index in [0.717, 1.165) is 38.5 Å². The van der Waals surface area contributed by atoms with Crippen LogP contribution in [0.15, 0.2) is 12.2 Å². The van der Waals surface area contributed by atoms with Crippen LogP contribution >= 0.6 is 0 Å². The number of hydrogen-bond acceptors (Lipinski definition) is 2. The molecular formula is C22H42O3. The summed E-state index contributed by atoms with van der Waals surface area (Å²) in [6.07, 6.45) is 23.1. The fourth-order valence-corrected chi connectivity index (χ4v) is 3.07. The molecule has 0 aromatic carbocycles. The maximum Gasteiger partial charge on any atom is 0.303 e. The first-order valence-electron chi connectivity index (χ1n) is 10.7. The molecule has 0 aromatic rings. The normalized spacial score (nSPS) is 12.7. The zero-order valence-electron chi connectivity index (χ0n) is 16.6. The van der Waals surface area contributed by atoms with Crippen LogP contribution < -0.4 is 0 Å². The largest absolute Gasteiger partial charge is 0.481 e. The van der Waals surface area contributed by atoms with E-state index in [-0.39, 0.29) is 6.10 Å². The third-order valence-corrected chi connectivity index (χ3v) is 4.73. The van der Waals surface area contributed by atoms with Crippen LogP contribution in [0.4, 0.5) is 0 Å². The Kier molecular flexibility index (Phi) is 18.8. The maximum absolute atomic E-state index is 10.4. The molecule has 0 fully saturated rings. The zero-order chi connectivity index (χ0) is 18.6. The van der Waals surface area contributed by atoms with Gasteiger partial charge in [-0.2, -0.15) is 0 Å². The van der Waals surface area contributed by atoms with Gasteiger partial charge in [0.2, 0.25) is 0 Å². The van der Waals surface area contributed by atoms with E-state index in [9.17, 15) is 9.90 Å². The summed E-state index contributed by atoms with van der Waals surface area (Å²) in [5.74, 6) is -0.673. The van der Waals surface area contributed by atoms with E-state index in [4.69, 9.17) is 5.11 Å². The van der Waals surface area contributed by atoms with Gasteiger partial charge < -0.3 is 10.2 Å². The Morgan fingerprint density at radius 2 is 1.36 bits per heavy atom. The molecule has 1 unspecified atom stereocenters. The number of carboxylic acid groups (broad SMARTS) is 1. The minimum atomic E-state index is -0.673. The fraction of sp³-hybridized carbons (Fsp3) is 0.864. The Bertz CT molecular complexity index is 312. The van der Waals surface area contributed by atoms with Crippen LogP contribution in [0, 0.1) is 0 Å². The van der Waals surface area contributed by atoms with Crippen molar-refractivity contribution in [3.05, 3.63) is 12.2 Å². The number of rotatable bonds is 19. The molecular weight excluding hydrogens is 312 g/mol. The van der Waals surface area contributed by atoms with Crippen LogP contribution in [0.1, 0.15) is 116 Å². The summed E-state index contributed by atoms with van der Waals surface area (Å²) in [4.78, 5) is 10.4. The van der Waals surface area contributed by atoms with Crippen LogP contribution in [0.5, 0.6) is 0 Å². The van der Waals surface area contributed by atoms with E-state index < -0.39 is 5.97 Å². The molecule has 0 bridgehead atoms. The second-order valence-electron chi connectivity index (χ2n) is 7.32. The lowest BCUT2D eigenvalue weighted by atomic mass is 10.0. The first kappa shape index (κ1) is 24.2. The summed E-state index contributed by atoms with van der Waals surface area (Å²) in [7, 11) is 0. The van der Waals surface area contributed by atoms with E-state index in [1.54, 1.807) is 0 Å². The SMILES string of the molecule is CCCCCC=CCC(O)CCCCCCCCCCCCC(=O)O. The lowest BCUT2D eigenvalue weighted by Crippen LogP contribution is -2.04. The Hall–Kier alpha value is -0.830. The van der Waals surface area contributed by atoms with E-state index >= 15 is 0 Å². The van der Waals surface area contributed by atoms with Crippen molar-refractivity contribution in [2.24, 2.45) is 0 Å². The molecule has 0 saturated heterocycles. The Morgan fingerprint density at radius 1 is 0.800 bits per heavy atom. The number of aliphatic hydroxyl groups is 1. The van der Waals surface area contributed by atoms with Crippen molar-refractivity contribution in [3.8, 4) is 0 Å². The van der Waals surface area contributed by atoms with Gasteiger partial charge in [-0.15, -0.1) is 0 Å². The van der Waals surface area contributed by atoms with Gasteiger partial charge in [-0.05, 0) is 32.1 Å². The highest BCUT2D eigenvalue weighted by molar-refractivity contribution is 5.66. The van der Waals surface area contributed by atoms with Gasteiger partial charge in [0.1, 0.15) is 0 Å². The molecule has 0 rings (SSSR count). The molecule has 25 heavy (non-hydrogen) atoms. The molecule has 0 heterocycles. The van der Waals surface area contributed by atoms with Crippen LogP contribution in [-0.4, -0.2) is 22.3 Å². The van der Waals surface area contributed by atoms with E-state index in [2.05, 4.69) is 19.1 Å². The second kappa shape index (κ2) is 19.5. The summed E-state index contributed by atoms with van der Waals surface area (Å²) in [6.45, 7) is 2.22. The monoisotopic (exact) mass is 354 g/mol. The van der Waals surface area contributed by atoms with Crippen molar-refractivity contribution in [2.45, 2.75) is 122 Å². The standard InChI is InChI=1S/C22H42O3/c1-2-3-4-5-12-15-18-21(23)19-16-13-10-8-6-7-9-11-14-17-20-22(24)25/h12,15,21,23H,2-11,13-14,16-20H2,1H3,(H,24,25). The van der Waals surface area contributed by atoms with E-state index in [0.29, 0.717) is 6.42 Å². The molecule has 3 nitrogen and oxygen atoms in total. The summed E-state index contributed by atoms with van der Waals surface area (Å²) in [6, 6.07) is 0. The lowest BCUT2D eigenvalue weighted by molar-refractivity contribution is -0.137. The van der Waals surface area contributed by atoms with E-state index in [1.165, 1.54) is 64.2 Å². The Balaban J connectivity index is 3.20. The number of aliphatic hydroxyl groups excluding tert-OH is 1. The molecule has 0 aromatic heterocycles. The smallest absolute Gasteiger partial charge is 0.303 e. The van der Waals surface area contributed by atoms with Crippen LogP contribution in [0.2, 0.25) is 0 Å². The number of carbonyl (C=O) groups is 1. The van der Waals surface area contributed by atoms with E-state index in [1.807, 2.05) is 0 Å². The molecule has 0 aliphatic heterocycles. The van der Waals surface area contributed by atoms with Crippen molar-refractivity contribution in [1.29, 1.82) is 0 Å². The van der Waals surface area contributed by atoms with Crippen LogP contribution in [-0.2, 0) is 4.79 Å². The van der Waals surface area contributed by atoms with Gasteiger partial charge >= 0.3 is 5.97 Å². The first-order valence-corrected chi connectivity index (χ1v) is 10.7. The highest BCUT2D eigenvalue weighted by atomic mass is 16.4. The second-order valence-corrected chi connectivity index (χ2v) is 7.32. The zero-order valence-corrected chi connectivity index (χ0v) is 16.6. The van der Waals surface area contributed by atoms with Crippen molar-refractivity contribution < 1.29 is 15.0 Å². The summed E-state index contributed by atoms with van der Waals surface area (Å²) >= 11 is 0. The van der Waals surface area contributed by atoms with Gasteiger partial charge in [0.25, 0.3) is 0 Å². The van der Waals surface area contributed by atoms with Gasteiger partial charge in [0.05, 0.1) is 6.10 Å². The van der Waals surface area contributed by atoms with Gasteiger partial charge in [-0.25, -0.2) is 0 Å². The maximum atomic E-state index is 10.4. The molecule has 0 amide bonds. The quantitative estimate of drug-likeness (QED) is 0.202. The molecule has 0 aliphatic rings. The van der Waals surface area contributed by atoms with Gasteiger partial charge in [-0.3, -0.25) is 4.79 Å². The number of hydrogen-bond donors (Lipinski definition) is 2. The highest BCUT2D eigenvalue weighted by Gasteiger charge is 2.01. The fourth-order valence-electron chi connectivity index (χ4n) is 3.07. The lowest BCUT2D eigenvalue weighted by Gasteiger charge is -2.07. The minimum absolute atomic E-state index is 0.159. The van der Waals surface area contributed by atoms with Gasteiger partial charge in [0, 0.05) is 6.42 Å². The van der Waals surface area contributed by atoms with Crippen molar-refractivity contribution in [3.63, 3.8) is 0 Å². The third kappa shape index (κ3) is 21.1. The van der Waals surface area contributed by atoms with Crippen molar-refractivity contribution in [1.82, 2.24) is 0 Å². The molecule has 0 aliphatic carbocycles. The number of aliphatic carboxylic acids is 1. The van der Waals surface area contributed by atoms with Gasteiger partial charge in [0.15, 0.2) is 0 Å². The molecule has 1 atom stereocenters. The van der Waals surface area contributed by atoms with Crippen molar-refractivity contribution in [2.75, 3.05) is 0 Å². The van der Waals surface area contributed by atoms with Crippen LogP contribution in [0.3, 0.4) is 0 Å². The third-order valence-electron chi connectivity index (χ3n) is 4.73. The predicted molar refractivity (Wildman–Crippen MR) is 107 cm³/mol. The predicted octanol–water partition coefficient (Wildman–Crippen LogP) is 6.64. The summed E-state index contributed by atoms with van der Waals surface area (Å²) in [5, 5.41) is 18.5. The van der Waals surface area contributed by atoms with Crippen LogP contribution in [0.25, 0.3) is 0 Å². The molecule has 3 heteroatoms. The minimum Gasteiger partial charge on any atom is -0.481 e. The average molecular weight is 355 g/mol. The topological polar surface area (TPSA) is 57.5 Å². The van der Waals surface area contributed by atoms with Gasteiger partial charge in [-0.1, -0.05) is 89.7 Å². The number of unbranched alkanes of at least 4 members (excludes halogenated alkanes) is 12. The molecule has 0 saturated carbocycles. The number of carboxylic acids is 1. The highest BCUT2D eigenvalue weighted by Crippen LogP contribution is 2.13. The van der Waals surface area contributed by atoms with Crippen molar-refractivity contribution >= 4 is 5.97 Å². The molecule has 2 N–H and O–H groups in total. The molecule has 0 radical (unpaired) electrons.